The number of pyridine rings is 1. The van der Waals surface area contributed by atoms with E-state index in [1.54, 1.807) is 17.4 Å². The van der Waals surface area contributed by atoms with Gasteiger partial charge in [0.05, 0.1) is 12.8 Å². The molecular weight excluding hydrogens is 300 g/mol. The smallest absolute Gasteiger partial charge is 0.232 e. The molecule has 4 heteroatoms. The molecule has 2 aromatic heterocycles. The van der Waals surface area contributed by atoms with Gasteiger partial charge >= 0.3 is 0 Å². The predicted octanol–water partition coefficient (Wildman–Crippen LogP) is 4.67. The number of aromatic nitrogens is 1. The topological polar surface area (TPSA) is 46.3 Å². The zero-order valence-electron chi connectivity index (χ0n) is 14.7. The Labute approximate surface area is 143 Å². The molecule has 4 nitrogen and oxygen atoms in total. The van der Waals surface area contributed by atoms with Gasteiger partial charge in [-0.05, 0) is 48.4 Å². The summed E-state index contributed by atoms with van der Waals surface area (Å²) in [6.07, 6.45) is 6.76. The third-order valence-corrected chi connectivity index (χ3v) is 5.24. The van der Waals surface area contributed by atoms with Crippen molar-refractivity contribution in [1.29, 1.82) is 0 Å². The number of carbonyl (C=O) groups excluding carboxylic acids is 1. The molecule has 24 heavy (non-hydrogen) atoms. The third-order valence-electron chi connectivity index (χ3n) is 5.24. The molecule has 3 rings (SSSR count). The first-order valence-corrected chi connectivity index (χ1v) is 8.74. The van der Waals surface area contributed by atoms with Crippen molar-refractivity contribution in [2.75, 3.05) is 4.90 Å². The Morgan fingerprint density at radius 3 is 2.79 bits per heavy atom. The summed E-state index contributed by atoms with van der Waals surface area (Å²) in [4.78, 5) is 19.7. The van der Waals surface area contributed by atoms with Crippen LogP contribution in [0.3, 0.4) is 0 Å². The highest BCUT2D eigenvalue weighted by molar-refractivity contribution is 5.94. The molecule has 0 radical (unpaired) electrons. The van der Waals surface area contributed by atoms with Crippen LogP contribution in [-0.4, -0.2) is 10.9 Å². The molecule has 0 N–H and O–H groups in total. The van der Waals surface area contributed by atoms with Gasteiger partial charge < -0.3 is 4.42 Å². The van der Waals surface area contributed by atoms with Crippen LogP contribution in [-0.2, 0) is 11.3 Å². The molecule has 1 fully saturated rings. The van der Waals surface area contributed by atoms with Gasteiger partial charge in [-0.1, -0.05) is 33.3 Å². The lowest BCUT2D eigenvalue weighted by Crippen LogP contribution is -2.47. The quantitative estimate of drug-likeness (QED) is 0.820. The van der Waals surface area contributed by atoms with Crippen LogP contribution in [0.1, 0.15) is 45.8 Å². The maximum atomic E-state index is 13.5. The minimum absolute atomic E-state index is 0.00298. The zero-order valence-corrected chi connectivity index (χ0v) is 14.7. The van der Waals surface area contributed by atoms with Gasteiger partial charge in [0.25, 0.3) is 0 Å². The van der Waals surface area contributed by atoms with E-state index < -0.39 is 0 Å². The van der Waals surface area contributed by atoms with Crippen molar-refractivity contribution in [3.8, 4) is 0 Å². The molecule has 2 unspecified atom stereocenters. The summed E-state index contributed by atoms with van der Waals surface area (Å²) in [5, 5.41) is 0. The van der Waals surface area contributed by atoms with Gasteiger partial charge in [-0.15, -0.1) is 0 Å². The van der Waals surface area contributed by atoms with Gasteiger partial charge in [0.1, 0.15) is 11.6 Å². The highest BCUT2D eigenvalue weighted by Crippen LogP contribution is 2.45. The largest absolute Gasteiger partial charge is 0.467 e. The average Bonchev–Trinajstić information content (AvgIpc) is 3.05. The number of nitrogens with zero attached hydrogens (tertiary/aromatic N) is 2. The average molecular weight is 326 g/mol. The summed E-state index contributed by atoms with van der Waals surface area (Å²) in [7, 11) is 0. The first-order chi connectivity index (χ1) is 11.5. The van der Waals surface area contributed by atoms with E-state index in [-0.39, 0.29) is 17.2 Å². The van der Waals surface area contributed by atoms with Gasteiger partial charge in [0.15, 0.2) is 0 Å². The number of anilines is 1. The van der Waals surface area contributed by atoms with Gasteiger partial charge in [-0.25, -0.2) is 4.98 Å². The van der Waals surface area contributed by atoms with Crippen molar-refractivity contribution in [2.24, 2.45) is 17.3 Å². The first-order valence-electron chi connectivity index (χ1n) is 8.74. The van der Waals surface area contributed by atoms with E-state index in [1.807, 2.05) is 30.3 Å². The molecule has 0 saturated heterocycles. The summed E-state index contributed by atoms with van der Waals surface area (Å²) in [6, 6.07) is 9.43. The standard InChI is InChI=1S/C20H26N2O2/c1-15-8-6-11-20(2,3)18(15)19(23)22(14-16-9-7-13-24-16)17-10-4-5-12-21-17/h4-5,7,9-10,12-13,15,18H,6,8,11,14H2,1-3H3. The first kappa shape index (κ1) is 16.7. The fraction of sp³-hybridized carbons (Fsp3) is 0.500. The number of hydrogen-bond donors (Lipinski definition) is 0. The van der Waals surface area contributed by atoms with Crippen LogP contribution in [0.25, 0.3) is 0 Å². The van der Waals surface area contributed by atoms with Gasteiger partial charge in [0.2, 0.25) is 5.91 Å². The molecule has 128 valence electrons. The van der Waals surface area contributed by atoms with E-state index >= 15 is 0 Å². The molecule has 2 aromatic rings. The van der Waals surface area contributed by atoms with Crippen LogP contribution in [0, 0.1) is 17.3 Å². The molecule has 1 saturated carbocycles. The molecular formula is C20H26N2O2. The van der Waals surface area contributed by atoms with E-state index in [0.717, 1.165) is 18.6 Å². The second kappa shape index (κ2) is 6.80. The lowest BCUT2D eigenvalue weighted by atomic mass is 9.63. The Kier molecular flexibility index (Phi) is 4.74. The number of carbonyl (C=O) groups is 1. The number of hydrogen-bond acceptors (Lipinski definition) is 3. The van der Waals surface area contributed by atoms with Crippen molar-refractivity contribution in [1.82, 2.24) is 4.98 Å². The monoisotopic (exact) mass is 326 g/mol. The Bertz CT molecular complexity index is 664. The van der Waals surface area contributed by atoms with E-state index in [1.165, 1.54) is 6.42 Å². The van der Waals surface area contributed by atoms with E-state index in [2.05, 4.69) is 25.8 Å². The summed E-state index contributed by atoms with van der Waals surface area (Å²) in [5.74, 6) is 2.00. The summed E-state index contributed by atoms with van der Waals surface area (Å²) >= 11 is 0. The van der Waals surface area contributed by atoms with Crippen molar-refractivity contribution in [3.63, 3.8) is 0 Å². The molecule has 1 aliphatic rings. The van der Waals surface area contributed by atoms with Gasteiger partial charge in [-0.3, -0.25) is 9.69 Å². The van der Waals surface area contributed by atoms with E-state index in [4.69, 9.17) is 4.42 Å². The van der Waals surface area contributed by atoms with Crippen LogP contribution in [0.4, 0.5) is 5.82 Å². The molecule has 0 bridgehead atoms. The second-order valence-corrected chi connectivity index (χ2v) is 7.53. The second-order valence-electron chi connectivity index (χ2n) is 7.53. The molecule has 0 aromatic carbocycles. The molecule has 0 aliphatic heterocycles. The maximum absolute atomic E-state index is 13.5. The van der Waals surface area contributed by atoms with Crippen molar-refractivity contribution >= 4 is 11.7 Å². The van der Waals surface area contributed by atoms with Crippen LogP contribution >= 0.6 is 0 Å². The van der Waals surface area contributed by atoms with Crippen molar-refractivity contribution in [3.05, 3.63) is 48.6 Å². The summed E-state index contributed by atoms with van der Waals surface area (Å²) < 4.78 is 5.48. The van der Waals surface area contributed by atoms with Gasteiger partial charge in [-0.2, -0.15) is 0 Å². The third kappa shape index (κ3) is 3.37. The fourth-order valence-corrected chi connectivity index (χ4v) is 4.06. The van der Waals surface area contributed by atoms with Crippen molar-refractivity contribution in [2.45, 2.75) is 46.6 Å². The van der Waals surface area contributed by atoms with Crippen LogP contribution in [0.15, 0.2) is 47.2 Å². The minimum Gasteiger partial charge on any atom is -0.467 e. The molecule has 1 amide bonds. The van der Waals surface area contributed by atoms with E-state index in [9.17, 15) is 4.79 Å². The lowest BCUT2D eigenvalue weighted by Gasteiger charge is -2.43. The highest BCUT2D eigenvalue weighted by Gasteiger charge is 2.43. The summed E-state index contributed by atoms with van der Waals surface area (Å²) in [6.45, 7) is 7.05. The number of furan rings is 1. The number of rotatable bonds is 4. The molecule has 2 heterocycles. The Morgan fingerprint density at radius 2 is 2.17 bits per heavy atom. The molecule has 2 atom stereocenters. The Hall–Kier alpha value is -2.10. The fourth-order valence-electron chi connectivity index (χ4n) is 4.06. The number of amides is 1. The SMILES string of the molecule is CC1CCCC(C)(C)C1C(=O)N(Cc1ccco1)c1ccccn1. The van der Waals surface area contributed by atoms with Crippen molar-refractivity contribution < 1.29 is 9.21 Å². The van der Waals surface area contributed by atoms with Crippen LogP contribution < -0.4 is 4.90 Å². The summed E-state index contributed by atoms with van der Waals surface area (Å²) in [5.41, 5.74) is 0.00491. The van der Waals surface area contributed by atoms with Crippen LogP contribution in [0.2, 0.25) is 0 Å². The highest BCUT2D eigenvalue weighted by atomic mass is 16.3. The van der Waals surface area contributed by atoms with E-state index in [0.29, 0.717) is 18.3 Å². The van der Waals surface area contributed by atoms with Crippen LogP contribution in [0.5, 0.6) is 0 Å². The Balaban J connectivity index is 1.93. The normalized spacial score (nSPS) is 23.0. The van der Waals surface area contributed by atoms with Gasteiger partial charge in [0, 0.05) is 12.1 Å². The zero-order chi connectivity index (χ0) is 17.2. The predicted molar refractivity (Wildman–Crippen MR) is 94.4 cm³/mol. The maximum Gasteiger partial charge on any atom is 0.232 e. The minimum atomic E-state index is 0.00298. The Morgan fingerprint density at radius 1 is 1.33 bits per heavy atom. The lowest BCUT2D eigenvalue weighted by molar-refractivity contribution is -0.130. The molecule has 0 spiro atoms. The molecule has 1 aliphatic carbocycles.